The molecule has 0 aliphatic rings. The summed E-state index contributed by atoms with van der Waals surface area (Å²) in [5.41, 5.74) is 2.95. The maximum Gasteiger partial charge on any atom is 0.134 e. The summed E-state index contributed by atoms with van der Waals surface area (Å²) < 4.78 is 8.62. The van der Waals surface area contributed by atoms with Crippen LogP contribution in [-0.4, -0.2) is 12.1 Å². The maximum absolute atomic E-state index is 6.05. The van der Waals surface area contributed by atoms with E-state index in [4.69, 9.17) is 27.9 Å². The van der Waals surface area contributed by atoms with Gasteiger partial charge in [0, 0.05) is 21.8 Å². The molecule has 0 spiro atoms. The van der Waals surface area contributed by atoms with Crippen molar-refractivity contribution in [1.82, 2.24) is 4.98 Å². The first-order chi connectivity index (χ1) is 11.7. The van der Waals surface area contributed by atoms with Gasteiger partial charge in [-0.3, -0.25) is 4.98 Å². The van der Waals surface area contributed by atoms with Gasteiger partial charge in [-0.2, -0.15) is 0 Å². The van der Waals surface area contributed by atoms with Crippen molar-refractivity contribution in [3.63, 3.8) is 0 Å². The van der Waals surface area contributed by atoms with Crippen molar-refractivity contribution in [3.05, 3.63) is 71.0 Å². The van der Waals surface area contributed by atoms with Gasteiger partial charge in [-0.1, -0.05) is 35.3 Å². The maximum atomic E-state index is 6.05. The van der Waals surface area contributed by atoms with Crippen LogP contribution in [0.15, 0.2) is 65.8 Å². The number of pyridine rings is 1. The van der Waals surface area contributed by atoms with E-state index >= 15 is 0 Å². The molecule has 3 rings (SSSR count). The summed E-state index contributed by atoms with van der Waals surface area (Å²) in [6.45, 7) is 0. The summed E-state index contributed by atoms with van der Waals surface area (Å²) in [5.74, 6) is 0.763. The van der Waals surface area contributed by atoms with Crippen LogP contribution in [0.1, 0.15) is 0 Å². The third-order valence-corrected chi connectivity index (χ3v) is 4.68. The van der Waals surface area contributed by atoms with Crippen LogP contribution in [0.5, 0.6) is 5.75 Å². The fourth-order valence-corrected chi connectivity index (χ4v) is 3.28. The van der Waals surface area contributed by atoms with Gasteiger partial charge < -0.3 is 9.46 Å². The standard InChI is InChI=1S/C18H14Cl2N2OS/c1-23-17-7-6-15(20)9-18(17)24-22-16-8-13(10-21-11-16)12-2-4-14(19)5-3-12/h2-11,22H,1H3. The van der Waals surface area contributed by atoms with Crippen LogP contribution in [0.3, 0.4) is 0 Å². The van der Waals surface area contributed by atoms with Crippen molar-refractivity contribution >= 4 is 40.8 Å². The Morgan fingerprint density at radius 2 is 1.67 bits per heavy atom. The Labute approximate surface area is 155 Å². The quantitative estimate of drug-likeness (QED) is 0.538. The normalized spacial score (nSPS) is 10.5. The summed E-state index contributed by atoms with van der Waals surface area (Å²) in [5, 5.41) is 1.37. The number of anilines is 1. The Morgan fingerprint density at radius 3 is 2.42 bits per heavy atom. The summed E-state index contributed by atoms with van der Waals surface area (Å²) in [6.07, 6.45) is 3.59. The van der Waals surface area contributed by atoms with Crippen LogP contribution < -0.4 is 9.46 Å². The molecule has 1 aromatic heterocycles. The monoisotopic (exact) mass is 376 g/mol. The van der Waals surface area contributed by atoms with Crippen molar-refractivity contribution in [2.75, 3.05) is 11.8 Å². The highest BCUT2D eigenvalue weighted by Gasteiger charge is 2.06. The molecular weight excluding hydrogens is 363 g/mol. The van der Waals surface area contributed by atoms with E-state index in [0.717, 1.165) is 27.5 Å². The van der Waals surface area contributed by atoms with E-state index in [2.05, 4.69) is 9.71 Å². The first-order valence-electron chi connectivity index (χ1n) is 7.13. The first-order valence-corrected chi connectivity index (χ1v) is 8.70. The molecule has 122 valence electrons. The molecule has 0 saturated heterocycles. The van der Waals surface area contributed by atoms with Crippen molar-refractivity contribution in [2.24, 2.45) is 0 Å². The van der Waals surface area contributed by atoms with Gasteiger partial charge in [0.05, 0.1) is 23.9 Å². The molecule has 0 unspecified atom stereocenters. The van der Waals surface area contributed by atoms with E-state index in [1.165, 1.54) is 11.9 Å². The number of methoxy groups -OCH3 is 1. The zero-order valence-corrected chi connectivity index (χ0v) is 15.1. The fraction of sp³-hybridized carbons (Fsp3) is 0.0556. The van der Waals surface area contributed by atoms with Crippen LogP contribution in [0.25, 0.3) is 11.1 Å². The van der Waals surface area contributed by atoms with E-state index in [1.807, 2.05) is 48.7 Å². The highest BCUT2D eigenvalue weighted by molar-refractivity contribution is 8.00. The van der Waals surface area contributed by atoms with E-state index in [1.54, 1.807) is 19.4 Å². The molecule has 0 amide bonds. The van der Waals surface area contributed by atoms with Crippen LogP contribution in [0.2, 0.25) is 10.0 Å². The summed E-state index contributed by atoms with van der Waals surface area (Å²) in [4.78, 5) is 5.19. The van der Waals surface area contributed by atoms with Crippen LogP contribution in [-0.2, 0) is 0 Å². The van der Waals surface area contributed by atoms with Gasteiger partial charge in [0.25, 0.3) is 0 Å². The second-order valence-corrected chi connectivity index (χ2v) is 6.69. The zero-order valence-electron chi connectivity index (χ0n) is 12.8. The molecule has 0 bridgehead atoms. The number of benzene rings is 2. The van der Waals surface area contributed by atoms with Gasteiger partial charge >= 0.3 is 0 Å². The van der Waals surface area contributed by atoms with Gasteiger partial charge in [0.15, 0.2) is 0 Å². The SMILES string of the molecule is COc1ccc(Cl)cc1SNc1cncc(-c2ccc(Cl)cc2)c1. The third-order valence-electron chi connectivity index (χ3n) is 3.32. The number of hydrogen-bond donors (Lipinski definition) is 1. The van der Waals surface area contributed by atoms with Gasteiger partial charge in [0.1, 0.15) is 5.75 Å². The van der Waals surface area contributed by atoms with E-state index in [9.17, 15) is 0 Å². The minimum absolute atomic E-state index is 0.660. The third kappa shape index (κ3) is 4.15. The Morgan fingerprint density at radius 1 is 0.917 bits per heavy atom. The van der Waals surface area contributed by atoms with Crippen LogP contribution in [0, 0.1) is 0 Å². The molecule has 0 fully saturated rings. The van der Waals surface area contributed by atoms with Crippen molar-refractivity contribution in [1.29, 1.82) is 0 Å². The minimum Gasteiger partial charge on any atom is -0.496 e. The highest BCUT2D eigenvalue weighted by atomic mass is 35.5. The number of rotatable bonds is 5. The molecule has 24 heavy (non-hydrogen) atoms. The second kappa shape index (κ2) is 7.79. The van der Waals surface area contributed by atoms with Gasteiger partial charge in [-0.25, -0.2) is 0 Å². The molecule has 0 radical (unpaired) electrons. The van der Waals surface area contributed by atoms with Gasteiger partial charge in [-0.15, -0.1) is 0 Å². The average molecular weight is 377 g/mol. The van der Waals surface area contributed by atoms with Crippen LogP contribution in [0.4, 0.5) is 5.69 Å². The lowest BCUT2D eigenvalue weighted by atomic mass is 10.1. The van der Waals surface area contributed by atoms with Gasteiger partial charge in [0.2, 0.25) is 0 Å². The predicted octanol–water partition coefficient (Wildman–Crippen LogP) is 6.18. The Balaban J connectivity index is 1.78. The first kappa shape index (κ1) is 17.0. The lowest BCUT2D eigenvalue weighted by Crippen LogP contribution is -1.92. The van der Waals surface area contributed by atoms with Crippen LogP contribution >= 0.6 is 35.1 Å². The topological polar surface area (TPSA) is 34.1 Å². The van der Waals surface area contributed by atoms with E-state index in [-0.39, 0.29) is 0 Å². The summed E-state index contributed by atoms with van der Waals surface area (Å²) in [7, 11) is 1.63. The molecule has 0 aliphatic heterocycles. The van der Waals surface area contributed by atoms with Crippen molar-refractivity contribution in [2.45, 2.75) is 4.90 Å². The molecule has 1 heterocycles. The van der Waals surface area contributed by atoms with E-state index in [0.29, 0.717) is 10.0 Å². The Bertz CT molecular complexity index is 841. The lowest BCUT2D eigenvalue weighted by Gasteiger charge is -2.10. The molecule has 6 heteroatoms. The molecule has 3 aromatic rings. The zero-order chi connectivity index (χ0) is 16.9. The lowest BCUT2D eigenvalue weighted by molar-refractivity contribution is 0.405. The molecule has 0 saturated carbocycles. The summed E-state index contributed by atoms with van der Waals surface area (Å²) >= 11 is 13.4. The number of nitrogens with one attached hydrogen (secondary N) is 1. The smallest absolute Gasteiger partial charge is 0.134 e. The molecular formula is C18H14Cl2N2OS. The average Bonchev–Trinajstić information content (AvgIpc) is 2.61. The Hall–Kier alpha value is -1.88. The molecule has 0 atom stereocenters. The second-order valence-electron chi connectivity index (χ2n) is 4.97. The van der Waals surface area contributed by atoms with E-state index < -0.39 is 0 Å². The largest absolute Gasteiger partial charge is 0.496 e. The Kier molecular flexibility index (Phi) is 5.51. The van der Waals surface area contributed by atoms with Crippen molar-refractivity contribution < 1.29 is 4.74 Å². The number of ether oxygens (including phenoxy) is 1. The van der Waals surface area contributed by atoms with Crippen molar-refractivity contribution in [3.8, 4) is 16.9 Å². The van der Waals surface area contributed by atoms with Gasteiger partial charge in [-0.05, 0) is 53.9 Å². The number of halogens is 2. The molecule has 1 N–H and O–H groups in total. The summed E-state index contributed by atoms with van der Waals surface area (Å²) in [6, 6.07) is 15.2. The predicted molar refractivity (Wildman–Crippen MR) is 102 cm³/mol. The highest BCUT2D eigenvalue weighted by Crippen LogP contribution is 2.33. The minimum atomic E-state index is 0.660. The molecule has 3 nitrogen and oxygen atoms in total. The number of nitrogens with zero attached hydrogens (tertiary/aromatic N) is 1. The fourth-order valence-electron chi connectivity index (χ4n) is 2.14. The molecule has 2 aromatic carbocycles. The number of hydrogen-bond acceptors (Lipinski definition) is 4. The number of aromatic nitrogens is 1. The molecule has 0 aliphatic carbocycles.